The number of hydrogen-bond acceptors (Lipinski definition) is 1. The van der Waals surface area contributed by atoms with Crippen molar-refractivity contribution in [2.24, 2.45) is 0 Å². The average Bonchev–Trinajstić information content (AvgIpc) is 2.16. The first-order valence-corrected chi connectivity index (χ1v) is 4.73. The van der Waals surface area contributed by atoms with Gasteiger partial charge in [0.15, 0.2) is 0 Å². The van der Waals surface area contributed by atoms with E-state index in [0.717, 1.165) is 22.2 Å². The van der Waals surface area contributed by atoms with Crippen LogP contribution in [0.25, 0.3) is 4.85 Å². The second kappa shape index (κ2) is 4.88. The fourth-order valence-corrected chi connectivity index (χ4v) is 1.71. The van der Waals surface area contributed by atoms with Crippen LogP contribution >= 0.6 is 15.9 Å². The average molecular weight is 240 g/mol. The molecule has 68 valence electrons. The number of ether oxygens (including phenoxy) is 1. The van der Waals surface area contributed by atoms with Crippen molar-refractivity contribution in [1.82, 2.24) is 0 Å². The highest BCUT2D eigenvalue weighted by Gasteiger charge is 2.05. The van der Waals surface area contributed by atoms with Crippen molar-refractivity contribution in [3.05, 3.63) is 39.7 Å². The third-order valence-electron chi connectivity index (χ3n) is 1.76. The van der Waals surface area contributed by atoms with E-state index in [1.54, 1.807) is 7.11 Å². The molecule has 0 fully saturated rings. The number of benzene rings is 1. The number of hydrogen-bond donors (Lipinski definition) is 0. The summed E-state index contributed by atoms with van der Waals surface area (Å²) in [5.41, 5.74) is 1.12. The second-order valence-corrected chi connectivity index (χ2v) is 3.36. The molecule has 0 aliphatic heterocycles. The van der Waals surface area contributed by atoms with Gasteiger partial charge in [-0.3, -0.25) is 0 Å². The molecule has 0 aliphatic carbocycles. The van der Waals surface area contributed by atoms with Crippen LogP contribution in [-0.2, 0) is 6.42 Å². The summed E-state index contributed by atoms with van der Waals surface area (Å²) in [6, 6.07) is 5.83. The Morgan fingerprint density at radius 2 is 2.31 bits per heavy atom. The normalized spacial score (nSPS) is 9.31. The Morgan fingerprint density at radius 1 is 1.54 bits per heavy atom. The van der Waals surface area contributed by atoms with Crippen molar-refractivity contribution in [3.63, 3.8) is 0 Å². The topological polar surface area (TPSA) is 13.6 Å². The molecule has 2 nitrogen and oxygen atoms in total. The van der Waals surface area contributed by atoms with E-state index in [2.05, 4.69) is 20.8 Å². The molecule has 1 rings (SSSR count). The molecular weight excluding hydrogens is 230 g/mol. The Hall–Kier alpha value is -1.01. The van der Waals surface area contributed by atoms with Crippen LogP contribution < -0.4 is 4.74 Å². The van der Waals surface area contributed by atoms with Crippen molar-refractivity contribution in [2.45, 2.75) is 6.42 Å². The Balaban J connectivity index is 2.89. The Bertz CT molecular complexity index is 330. The zero-order valence-electron chi connectivity index (χ0n) is 7.38. The van der Waals surface area contributed by atoms with Crippen LogP contribution in [0.2, 0.25) is 0 Å². The van der Waals surface area contributed by atoms with Crippen molar-refractivity contribution in [3.8, 4) is 5.75 Å². The first-order valence-electron chi connectivity index (χ1n) is 3.94. The van der Waals surface area contributed by atoms with E-state index < -0.39 is 0 Å². The lowest BCUT2D eigenvalue weighted by atomic mass is 10.1. The number of nitrogens with zero attached hydrogens (tertiary/aromatic N) is 1. The summed E-state index contributed by atoms with van der Waals surface area (Å²) in [5, 5.41) is 0. The summed E-state index contributed by atoms with van der Waals surface area (Å²) in [6.45, 7) is 7.22. The lowest BCUT2D eigenvalue weighted by Gasteiger charge is -2.05. The molecule has 0 aliphatic rings. The van der Waals surface area contributed by atoms with Gasteiger partial charge < -0.3 is 9.58 Å². The molecule has 0 N–H and O–H groups in total. The van der Waals surface area contributed by atoms with Gasteiger partial charge >= 0.3 is 0 Å². The minimum atomic E-state index is 0.520. The zero-order valence-corrected chi connectivity index (χ0v) is 8.97. The number of rotatable bonds is 3. The van der Waals surface area contributed by atoms with Gasteiger partial charge in [-0.2, -0.15) is 0 Å². The molecule has 0 saturated carbocycles. The molecule has 0 radical (unpaired) electrons. The van der Waals surface area contributed by atoms with E-state index in [4.69, 9.17) is 11.3 Å². The second-order valence-electron chi connectivity index (χ2n) is 2.57. The lowest BCUT2D eigenvalue weighted by molar-refractivity contribution is 0.411. The monoisotopic (exact) mass is 239 g/mol. The van der Waals surface area contributed by atoms with Crippen molar-refractivity contribution in [2.75, 3.05) is 13.7 Å². The van der Waals surface area contributed by atoms with Crippen LogP contribution in [0.5, 0.6) is 5.75 Å². The van der Waals surface area contributed by atoms with E-state index in [-0.39, 0.29) is 0 Å². The molecule has 0 atom stereocenters. The number of halogens is 1. The third-order valence-corrected chi connectivity index (χ3v) is 2.66. The minimum absolute atomic E-state index is 0.520. The molecule has 0 heterocycles. The largest absolute Gasteiger partial charge is 0.496 e. The van der Waals surface area contributed by atoms with Gasteiger partial charge in [-0.05, 0) is 27.6 Å². The predicted molar refractivity (Wildman–Crippen MR) is 55.9 cm³/mol. The van der Waals surface area contributed by atoms with Gasteiger partial charge in [-0.15, -0.1) is 0 Å². The van der Waals surface area contributed by atoms with E-state index in [0.29, 0.717) is 6.54 Å². The molecule has 1 aromatic rings. The van der Waals surface area contributed by atoms with Crippen LogP contribution in [0.3, 0.4) is 0 Å². The first kappa shape index (κ1) is 10.1. The van der Waals surface area contributed by atoms with E-state index in [1.165, 1.54) is 0 Å². The zero-order chi connectivity index (χ0) is 9.68. The first-order chi connectivity index (χ1) is 6.29. The van der Waals surface area contributed by atoms with E-state index in [1.807, 2.05) is 18.2 Å². The van der Waals surface area contributed by atoms with Gasteiger partial charge in [-0.1, -0.05) is 12.1 Å². The summed E-state index contributed by atoms with van der Waals surface area (Å²) < 4.78 is 6.10. The molecule has 0 amide bonds. The van der Waals surface area contributed by atoms with Crippen LogP contribution in [0.1, 0.15) is 5.56 Å². The summed E-state index contributed by atoms with van der Waals surface area (Å²) in [4.78, 5) is 3.32. The molecule has 1 aromatic carbocycles. The van der Waals surface area contributed by atoms with Crippen molar-refractivity contribution >= 4 is 15.9 Å². The van der Waals surface area contributed by atoms with E-state index in [9.17, 15) is 0 Å². The van der Waals surface area contributed by atoms with Gasteiger partial charge in [0.2, 0.25) is 6.54 Å². The van der Waals surface area contributed by atoms with Gasteiger partial charge in [0, 0.05) is 6.42 Å². The summed E-state index contributed by atoms with van der Waals surface area (Å²) >= 11 is 3.44. The maximum atomic E-state index is 6.70. The maximum absolute atomic E-state index is 6.70. The summed E-state index contributed by atoms with van der Waals surface area (Å²) in [7, 11) is 1.64. The smallest absolute Gasteiger partial charge is 0.218 e. The standard InChI is InChI=1S/C10H10BrNO/c1-12-7-6-8-4-3-5-9(13-2)10(8)11/h3-5H,6-7H2,2H3. The van der Waals surface area contributed by atoms with E-state index >= 15 is 0 Å². The molecule has 0 spiro atoms. The Morgan fingerprint density at radius 3 is 2.92 bits per heavy atom. The Labute approximate surface area is 86.5 Å². The SMILES string of the molecule is [C-]#[N+]CCc1cccc(OC)c1Br. The fraction of sp³-hybridized carbons (Fsp3) is 0.300. The predicted octanol–water partition coefficient (Wildman–Crippen LogP) is 2.92. The molecule has 13 heavy (non-hydrogen) atoms. The lowest BCUT2D eigenvalue weighted by Crippen LogP contribution is -1.92. The summed E-state index contributed by atoms with van der Waals surface area (Å²) in [5.74, 6) is 0.822. The Kier molecular flexibility index (Phi) is 3.78. The van der Waals surface area contributed by atoms with Crippen molar-refractivity contribution in [1.29, 1.82) is 0 Å². The third kappa shape index (κ3) is 2.46. The van der Waals surface area contributed by atoms with Gasteiger partial charge in [0.05, 0.1) is 11.6 Å². The molecule has 3 heteroatoms. The molecule has 0 bridgehead atoms. The van der Waals surface area contributed by atoms with Gasteiger partial charge in [-0.25, -0.2) is 6.57 Å². The highest BCUT2D eigenvalue weighted by molar-refractivity contribution is 9.10. The van der Waals surface area contributed by atoms with Crippen LogP contribution in [-0.4, -0.2) is 13.7 Å². The minimum Gasteiger partial charge on any atom is -0.496 e. The van der Waals surface area contributed by atoms with Gasteiger partial charge in [0.25, 0.3) is 0 Å². The highest BCUT2D eigenvalue weighted by Crippen LogP contribution is 2.28. The van der Waals surface area contributed by atoms with Crippen LogP contribution in [0.4, 0.5) is 0 Å². The van der Waals surface area contributed by atoms with Crippen LogP contribution in [0.15, 0.2) is 22.7 Å². The molecule has 0 unspecified atom stereocenters. The van der Waals surface area contributed by atoms with Crippen molar-refractivity contribution < 1.29 is 4.74 Å². The fourth-order valence-electron chi connectivity index (χ4n) is 1.08. The molecular formula is C10H10BrNO. The molecule has 0 aromatic heterocycles. The highest BCUT2D eigenvalue weighted by atomic mass is 79.9. The van der Waals surface area contributed by atoms with Gasteiger partial charge in [0.1, 0.15) is 5.75 Å². The number of methoxy groups -OCH3 is 1. The van der Waals surface area contributed by atoms with Crippen LogP contribution in [0, 0.1) is 6.57 Å². The summed E-state index contributed by atoms with van der Waals surface area (Å²) in [6.07, 6.45) is 0.765. The molecule has 0 saturated heterocycles. The quantitative estimate of drug-likeness (QED) is 0.740. The maximum Gasteiger partial charge on any atom is 0.218 e.